The average molecular weight is 227 g/mol. The number of rotatable bonds is 3. The van der Waals surface area contributed by atoms with Crippen molar-refractivity contribution in [3.63, 3.8) is 0 Å². The number of amides is 2. The van der Waals surface area contributed by atoms with Gasteiger partial charge < -0.3 is 16.4 Å². The van der Waals surface area contributed by atoms with Gasteiger partial charge in [0.2, 0.25) is 11.8 Å². The summed E-state index contributed by atoms with van der Waals surface area (Å²) in [5.74, 6) is -0.349. The van der Waals surface area contributed by atoms with Crippen molar-refractivity contribution in [2.24, 2.45) is 5.73 Å². The van der Waals surface area contributed by atoms with Gasteiger partial charge in [-0.2, -0.15) is 0 Å². The summed E-state index contributed by atoms with van der Waals surface area (Å²) in [4.78, 5) is 22.1. The molecule has 2 atom stereocenters. The maximum atomic E-state index is 11.5. The van der Waals surface area contributed by atoms with Crippen molar-refractivity contribution in [3.05, 3.63) is 0 Å². The van der Waals surface area contributed by atoms with E-state index >= 15 is 0 Å². The molecule has 1 saturated carbocycles. The van der Waals surface area contributed by atoms with Crippen LogP contribution in [0.4, 0.5) is 0 Å². The molecule has 0 aromatic rings. The highest BCUT2D eigenvalue weighted by molar-refractivity contribution is 5.83. The number of nitrogens with two attached hydrogens (primary N) is 1. The van der Waals surface area contributed by atoms with E-state index in [2.05, 4.69) is 10.6 Å². The van der Waals surface area contributed by atoms with Gasteiger partial charge in [0.25, 0.3) is 0 Å². The minimum atomic E-state index is -0.194. The molecule has 92 valence electrons. The number of nitrogens with one attached hydrogen (secondary N) is 2. The summed E-state index contributed by atoms with van der Waals surface area (Å²) in [7, 11) is 0. The second kappa shape index (κ2) is 6.48. The summed E-state index contributed by atoms with van der Waals surface area (Å²) in [5, 5.41) is 5.36. The molecule has 0 aromatic carbocycles. The molecule has 5 nitrogen and oxygen atoms in total. The monoisotopic (exact) mass is 227 g/mol. The van der Waals surface area contributed by atoms with E-state index in [0.717, 1.165) is 25.7 Å². The third-order valence-corrected chi connectivity index (χ3v) is 2.91. The van der Waals surface area contributed by atoms with E-state index < -0.39 is 0 Å². The van der Waals surface area contributed by atoms with Gasteiger partial charge in [0.15, 0.2) is 0 Å². The van der Waals surface area contributed by atoms with Crippen LogP contribution < -0.4 is 16.4 Å². The highest BCUT2D eigenvalue weighted by Crippen LogP contribution is 2.16. The number of hydrogen-bond donors (Lipinski definition) is 3. The Labute approximate surface area is 96.1 Å². The van der Waals surface area contributed by atoms with Crippen molar-refractivity contribution >= 4 is 11.8 Å². The molecule has 0 aliphatic heterocycles. The Morgan fingerprint density at radius 3 is 2.62 bits per heavy atom. The molecule has 0 bridgehead atoms. The lowest BCUT2D eigenvalue weighted by Gasteiger charge is -2.22. The third-order valence-electron chi connectivity index (χ3n) is 2.91. The lowest BCUT2D eigenvalue weighted by atomic mass is 10.0. The highest BCUT2D eigenvalue weighted by atomic mass is 16.2. The summed E-state index contributed by atoms with van der Waals surface area (Å²) < 4.78 is 0. The van der Waals surface area contributed by atoms with Crippen molar-refractivity contribution in [2.75, 3.05) is 6.54 Å². The first-order chi connectivity index (χ1) is 7.59. The smallest absolute Gasteiger partial charge is 0.239 e. The molecule has 2 unspecified atom stereocenters. The minimum absolute atomic E-state index is 0.0402. The normalized spacial score (nSPS) is 25.6. The molecule has 4 N–H and O–H groups in total. The maximum absolute atomic E-state index is 11.5. The zero-order valence-electron chi connectivity index (χ0n) is 9.79. The van der Waals surface area contributed by atoms with Gasteiger partial charge in [-0.15, -0.1) is 0 Å². The molecule has 0 saturated heterocycles. The molecule has 2 amide bonds. The van der Waals surface area contributed by atoms with Crippen molar-refractivity contribution in [1.29, 1.82) is 0 Å². The van der Waals surface area contributed by atoms with Gasteiger partial charge in [-0.25, -0.2) is 0 Å². The molecule has 5 heteroatoms. The Morgan fingerprint density at radius 2 is 1.94 bits per heavy atom. The molecule has 1 aliphatic carbocycles. The average Bonchev–Trinajstić information content (AvgIpc) is 2.42. The second-order valence-electron chi connectivity index (χ2n) is 4.39. The van der Waals surface area contributed by atoms with Crippen molar-refractivity contribution in [2.45, 2.75) is 51.1 Å². The van der Waals surface area contributed by atoms with Crippen LogP contribution in [-0.4, -0.2) is 30.4 Å². The third kappa shape index (κ3) is 4.61. The molecular formula is C11H21N3O2. The van der Waals surface area contributed by atoms with Crippen LogP contribution in [-0.2, 0) is 9.59 Å². The molecule has 1 aliphatic rings. The lowest BCUT2D eigenvalue weighted by Crippen LogP contribution is -2.49. The molecule has 0 heterocycles. The standard InChI is InChI=1S/C11H21N3O2/c1-8(15)13-7-11(16)14-10-6-4-2-3-5-9(10)12/h9-10H,2-7,12H2,1H3,(H,13,15)(H,14,16). The Hall–Kier alpha value is -1.10. The largest absolute Gasteiger partial charge is 0.350 e. The van der Waals surface area contributed by atoms with Crippen LogP contribution in [0.2, 0.25) is 0 Å². The molecule has 0 spiro atoms. The van der Waals surface area contributed by atoms with Crippen LogP contribution in [0.5, 0.6) is 0 Å². The zero-order chi connectivity index (χ0) is 12.0. The van der Waals surface area contributed by atoms with E-state index in [1.54, 1.807) is 0 Å². The van der Waals surface area contributed by atoms with E-state index in [1.165, 1.54) is 13.3 Å². The van der Waals surface area contributed by atoms with Crippen LogP contribution in [0.1, 0.15) is 39.0 Å². The molecule has 16 heavy (non-hydrogen) atoms. The molecule has 1 rings (SSSR count). The summed E-state index contributed by atoms with van der Waals surface area (Å²) in [5.41, 5.74) is 5.98. The van der Waals surface area contributed by atoms with E-state index in [0.29, 0.717) is 0 Å². The van der Waals surface area contributed by atoms with Gasteiger partial charge in [0.05, 0.1) is 6.54 Å². The number of hydrogen-bond acceptors (Lipinski definition) is 3. The molecular weight excluding hydrogens is 206 g/mol. The first-order valence-corrected chi connectivity index (χ1v) is 5.89. The fourth-order valence-corrected chi connectivity index (χ4v) is 1.98. The Morgan fingerprint density at radius 1 is 1.25 bits per heavy atom. The van der Waals surface area contributed by atoms with Crippen LogP contribution >= 0.6 is 0 Å². The molecule has 1 fully saturated rings. The first-order valence-electron chi connectivity index (χ1n) is 5.89. The van der Waals surface area contributed by atoms with Gasteiger partial charge >= 0.3 is 0 Å². The van der Waals surface area contributed by atoms with Crippen LogP contribution in [0, 0.1) is 0 Å². The van der Waals surface area contributed by atoms with Crippen molar-refractivity contribution in [3.8, 4) is 0 Å². The van der Waals surface area contributed by atoms with Crippen LogP contribution in [0.15, 0.2) is 0 Å². The summed E-state index contributed by atoms with van der Waals surface area (Å²) in [6.07, 6.45) is 5.34. The van der Waals surface area contributed by atoms with Crippen LogP contribution in [0.25, 0.3) is 0 Å². The number of carbonyl (C=O) groups is 2. The highest BCUT2D eigenvalue weighted by Gasteiger charge is 2.21. The van der Waals surface area contributed by atoms with Gasteiger partial charge in [-0.05, 0) is 12.8 Å². The van der Waals surface area contributed by atoms with E-state index in [-0.39, 0.29) is 30.4 Å². The van der Waals surface area contributed by atoms with Gasteiger partial charge in [0.1, 0.15) is 0 Å². The fourth-order valence-electron chi connectivity index (χ4n) is 1.98. The van der Waals surface area contributed by atoms with E-state index in [1.807, 2.05) is 0 Å². The summed E-state index contributed by atoms with van der Waals surface area (Å²) >= 11 is 0. The topological polar surface area (TPSA) is 84.2 Å². The Bertz CT molecular complexity index is 256. The van der Waals surface area contributed by atoms with Gasteiger partial charge in [0, 0.05) is 19.0 Å². The first kappa shape index (κ1) is 13.0. The molecule has 0 aromatic heterocycles. The SMILES string of the molecule is CC(=O)NCC(=O)NC1CCCCCC1N. The van der Waals surface area contributed by atoms with Crippen LogP contribution in [0.3, 0.4) is 0 Å². The predicted molar refractivity (Wildman–Crippen MR) is 61.7 cm³/mol. The second-order valence-corrected chi connectivity index (χ2v) is 4.39. The lowest BCUT2D eigenvalue weighted by molar-refractivity contribution is -0.125. The van der Waals surface area contributed by atoms with E-state index in [9.17, 15) is 9.59 Å². The summed E-state index contributed by atoms with van der Waals surface area (Å²) in [6, 6.07) is 0.104. The van der Waals surface area contributed by atoms with Gasteiger partial charge in [-0.1, -0.05) is 19.3 Å². The van der Waals surface area contributed by atoms with E-state index in [4.69, 9.17) is 5.73 Å². The van der Waals surface area contributed by atoms with Crippen molar-refractivity contribution in [1.82, 2.24) is 10.6 Å². The quantitative estimate of drug-likeness (QED) is 0.589. The van der Waals surface area contributed by atoms with Crippen molar-refractivity contribution < 1.29 is 9.59 Å². The maximum Gasteiger partial charge on any atom is 0.239 e. The molecule has 0 radical (unpaired) electrons. The predicted octanol–water partition coefficient (Wildman–Crippen LogP) is -0.101. The summed E-state index contributed by atoms with van der Waals surface area (Å²) in [6.45, 7) is 1.43. The Balaban J connectivity index is 2.33. The number of carbonyl (C=O) groups excluding carboxylic acids is 2. The Kier molecular flexibility index (Phi) is 5.25. The minimum Gasteiger partial charge on any atom is -0.350 e. The fraction of sp³-hybridized carbons (Fsp3) is 0.818. The zero-order valence-corrected chi connectivity index (χ0v) is 9.79. The van der Waals surface area contributed by atoms with Gasteiger partial charge in [-0.3, -0.25) is 9.59 Å².